The lowest BCUT2D eigenvalue weighted by atomic mass is 10.3. The Kier molecular flexibility index (Phi) is 2.84. The van der Waals surface area contributed by atoms with Crippen LogP contribution in [0.15, 0.2) is 4.42 Å². The van der Waals surface area contributed by atoms with E-state index in [1.165, 1.54) is 6.92 Å². The van der Waals surface area contributed by atoms with Crippen LogP contribution in [0, 0.1) is 6.92 Å². The summed E-state index contributed by atoms with van der Waals surface area (Å²) in [7, 11) is 0. The van der Waals surface area contributed by atoms with Crippen LogP contribution in [0.25, 0.3) is 0 Å². The van der Waals surface area contributed by atoms with Crippen molar-refractivity contribution < 1.29 is 31.2 Å². The lowest BCUT2D eigenvalue weighted by Crippen LogP contribution is -2.47. The zero-order valence-electron chi connectivity index (χ0n) is 7.60. The van der Waals surface area contributed by atoms with Crippen molar-refractivity contribution in [2.24, 2.45) is 0 Å². The number of aryl methyl sites for hydroxylation is 1. The fourth-order valence-electron chi connectivity index (χ4n) is 0.651. The third-order valence-corrected chi connectivity index (χ3v) is 1.39. The van der Waals surface area contributed by atoms with Gasteiger partial charge in [-0.3, -0.25) is 10.1 Å². The molecule has 0 aliphatic heterocycles. The van der Waals surface area contributed by atoms with Crippen molar-refractivity contribution >= 4 is 11.9 Å². The summed E-state index contributed by atoms with van der Waals surface area (Å²) in [5.41, 5.74) is 0. The van der Waals surface area contributed by atoms with Crippen LogP contribution in [0.5, 0.6) is 0 Å². The molecule has 0 radical (unpaired) electrons. The first kappa shape index (κ1) is 12.3. The molecule has 0 saturated carbocycles. The maximum atomic E-state index is 12.4. The molecule has 0 unspecified atom stereocenters. The van der Waals surface area contributed by atoms with Gasteiger partial charge in [0.25, 0.3) is 0 Å². The fraction of sp³-hybridized carbons (Fsp3) is 0.500. The Balaban J connectivity index is 2.80. The molecule has 5 nitrogen and oxygen atoms in total. The summed E-state index contributed by atoms with van der Waals surface area (Å²) in [5, 5.41) is 7.32. The molecule has 0 aliphatic carbocycles. The minimum atomic E-state index is -5.98. The van der Waals surface area contributed by atoms with Crippen molar-refractivity contribution in [2.75, 3.05) is 5.32 Å². The van der Waals surface area contributed by atoms with E-state index >= 15 is 0 Å². The van der Waals surface area contributed by atoms with Gasteiger partial charge in [-0.15, -0.1) is 5.10 Å². The second-order valence-electron chi connectivity index (χ2n) is 2.65. The highest BCUT2D eigenvalue weighted by atomic mass is 19.4. The topological polar surface area (TPSA) is 68.0 Å². The first-order valence-electron chi connectivity index (χ1n) is 3.70. The molecule has 0 fully saturated rings. The Morgan fingerprint density at radius 3 is 2.19 bits per heavy atom. The number of nitrogens with one attached hydrogen (secondary N) is 1. The highest BCUT2D eigenvalue weighted by Crippen LogP contribution is 2.36. The summed E-state index contributed by atoms with van der Waals surface area (Å²) in [6, 6.07) is -0.827. The van der Waals surface area contributed by atoms with Crippen molar-refractivity contribution in [3.63, 3.8) is 0 Å². The molecule has 1 amide bonds. The predicted octanol–water partition coefficient (Wildman–Crippen LogP) is 1.51. The van der Waals surface area contributed by atoms with Gasteiger partial charge in [-0.05, 0) is 0 Å². The minimum Gasteiger partial charge on any atom is -0.408 e. The molecule has 1 rings (SSSR count). The number of hydrogen-bond donors (Lipinski definition) is 1. The van der Waals surface area contributed by atoms with E-state index in [2.05, 4.69) is 14.6 Å². The zero-order chi connectivity index (χ0) is 12.6. The Bertz CT molecular complexity index is 399. The normalized spacial score (nSPS) is 12.6. The third-order valence-electron chi connectivity index (χ3n) is 1.39. The number of nitrogens with zero attached hydrogens (tertiary/aromatic N) is 2. The molecule has 1 aromatic heterocycles. The highest BCUT2D eigenvalue weighted by molar-refractivity contribution is 5.95. The molecule has 0 spiro atoms. The Labute approximate surface area is 84.6 Å². The monoisotopic (exact) mass is 245 g/mol. The minimum absolute atomic E-state index is 0.0920. The van der Waals surface area contributed by atoms with Gasteiger partial charge in [0, 0.05) is 6.92 Å². The number of rotatable bonds is 2. The van der Waals surface area contributed by atoms with E-state index in [4.69, 9.17) is 0 Å². The maximum Gasteiger partial charge on any atom is 0.463 e. The molecular formula is C6H4F5N3O2. The van der Waals surface area contributed by atoms with Gasteiger partial charge in [0.05, 0.1) is 0 Å². The second kappa shape index (κ2) is 3.68. The zero-order valence-corrected chi connectivity index (χ0v) is 7.60. The SMILES string of the molecule is Cc1nnc(NC(=O)C(F)(F)C(F)(F)F)o1. The first-order valence-corrected chi connectivity index (χ1v) is 3.70. The van der Waals surface area contributed by atoms with Crippen LogP contribution in [0.4, 0.5) is 28.0 Å². The lowest BCUT2D eigenvalue weighted by Gasteiger charge is -2.17. The van der Waals surface area contributed by atoms with Gasteiger partial charge in [-0.1, -0.05) is 5.10 Å². The largest absolute Gasteiger partial charge is 0.463 e. The highest BCUT2D eigenvalue weighted by Gasteiger charge is 2.63. The summed E-state index contributed by atoms with van der Waals surface area (Å²) in [6.07, 6.45) is -5.98. The summed E-state index contributed by atoms with van der Waals surface area (Å²) in [4.78, 5) is 10.6. The molecule has 0 saturated heterocycles. The van der Waals surface area contributed by atoms with Crippen molar-refractivity contribution in [1.82, 2.24) is 10.2 Å². The van der Waals surface area contributed by atoms with E-state index in [-0.39, 0.29) is 5.89 Å². The van der Waals surface area contributed by atoms with E-state index in [0.29, 0.717) is 0 Å². The van der Waals surface area contributed by atoms with Crippen LogP contribution >= 0.6 is 0 Å². The smallest absolute Gasteiger partial charge is 0.408 e. The van der Waals surface area contributed by atoms with Crippen LogP contribution in [-0.2, 0) is 4.79 Å². The Morgan fingerprint density at radius 2 is 1.81 bits per heavy atom. The third kappa shape index (κ3) is 2.25. The molecule has 0 aromatic carbocycles. The van der Waals surface area contributed by atoms with Crippen LogP contribution in [0.3, 0.4) is 0 Å². The molecule has 90 valence electrons. The molecule has 1 aromatic rings. The molecule has 0 aliphatic rings. The van der Waals surface area contributed by atoms with Gasteiger partial charge in [0.15, 0.2) is 0 Å². The number of carbonyl (C=O) groups is 1. The van der Waals surface area contributed by atoms with Gasteiger partial charge in [-0.25, -0.2) is 0 Å². The number of hydrogen-bond acceptors (Lipinski definition) is 4. The van der Waals surface area contributed by atoms with Gasteiger partial charge < -0.3 is 4.42 Å². The lowest BCUT2D eigenvalue weighted by molar-refractivity contribution is -0.267. The molecule has 1 heterocycles. The van der Waals surface area contributed by atoms with Crippen LogP contribution < -0.4 is 5.32 Å². The number of anilines is 1. The molecule has 0 bridgehead atoms. The van der Waals surface area contributed by atoms with Gasteiger partial charge >= 0.3 is 24.0 Å². The fourth-order valence-corrected chi connectivity index (χ4v) is 0.651. The van der Waals surface area contributed by atoms with Crippen molar-refractivity contribution in [2.45, 2.75) is 19.0 Å². The average Bonchev–Trinajstić information content (AvgIpc) is 2.49. The van der Waals surface area contributed by atoms with E-state index in [9.17, 15) is 26.7 Å². The van der Waals surface area contributed by atoms with Crippen molar-refractivity contribution in [3.05, 3.63) is 5.89 Å². The molecule has 16 heavy (non-hydrogen) atoms. The summed E-state index contributed by atoms with van der Waals surface area (Å²) < 4.78 is 64.3. The standard InChI is InChI=1S/C6H4F5N3O2/c1-2-13-14-4(16-2)12-3(15)5(7,8)6(9,10)11/h1H3,(H,12,14,15). The van der Waals surface area contributed by atoms with Gasteiger partial charge in [-0.2, -0.15) is 22.0 Å². The number of alkyl halides is 5. The van der Waals surface area contributed by atoms with E-state index < -0.39 is 24.0 Å². The summed E-state index contributed by atoms with van der Waals surface area (Å²) in [5.74, 6) is -8.19. The Morgan fingerprint density at radius 1 is 1.25 bits per heavy atom. The number of halogens is 5. The average molecular weight is 245 g/mol. The molecule has 1 N–H and O–H groups in total. The summed E-state index contributed by atoms with van der Waals surface area (Å²) in [6.45, 7) is 1.27. The van der Waals surface area contributed by atoms with E-state index in [0.717, 1.165) is 5.32 Å². The number of aromatic nitrogens is 2. The Hall–Kier alpha value is -1.74. The van der Waals surface area contributed by atoms with E-state index in [1.807, 2.05) is 0 Å². The first-order chi connectivity index (χ1) is 7.14. The molecule has 0 atom stereocenters. The van der Waals surface area contributed by atoms with Crippen LogP contribution in [-0.4, -0.2) is 28.2 Å². The van der Waals surface area contributed by atoms with Gasteiger partial charge in [0.2, 0.25) is 5.89 Å². The summed E-state index contributed by atoms with van der Waals surface area (Å²) >= 11 is 0. The predicted molar refractivity (Wildman–Crippen MR) is 38.7 cm³/mol. The number of amides is 1. The maximum absolute atomic E-state index is 12.4. The molecule has 10 heteroatoms. The van der Waals surface area contributed by atoms with Crippen LogP contribution in [0.1, 0.15) is 5.89 Å². The van der Waals surface area contributed by atoms with Crippen molar-refractivity contribution in [1.29, 1.82) is 0 Å². The second-order valence-corrected chi connectivity index (χ2v) is 2.65. The number of carbonyl (C=O) groups excluding carboxylic acids is 1. The quantitative estimate of drug-likeness (QED) is 0.802. The van der Waals surface area contributed by atoms with E-state index in [1.54, 1.807) is 0 Å². The van der Waals surface area contributed by atoms with Crippen molar-refractivity contribution in [3.8, 4) is 0 Å². The van der Waals surface area contributed by atoms with Gasteiger partial charge in [0.1, 0.15) is 0 Å². The van der Waals surface area contributed by atoms with Crippen LogP contribution in [0.2, 0.25) is 0 Å². The molecular weight excluding hydrogens is 241 g/mol.